The number of hydrogen-bond donors (Lipinski definition) is 3. The van der Waals surface area contributed by atoms with Crippen molar-refractivity contribution in [3.8, 4) is 0 Å². The zero-order chi connectivity index (χ0) is 21.3. The Kier molecular flexibility index (Phi) is 8.22. The largest absolute Gasteiger partial charge is 0.385 e. The molecule has 0 aliphatic carbocycles. The molecule has 0 atom stereocenters. The predicted molar refractivity (Wildman–Crippen MR) is 118 cm³/mol. The third-order valence-corrected chi connectivity index (χ3v) is 5.93. The molecule has 158 valence electrons. The van der Waals surface area contributed by atoms with Gasteiger partial charge < -0.3 is 10.6 Å². The third-order valence-electron chi connectivity index (χ3n) is 4.45. The molecule has 0 spiro atoms. The Morgan fingerprint density at radius 3 is 2.17 bits per heavy atom. The fraction of sp³-hybridized carbons (Fsp3) is 0.409. The van der Waals surface area contributed by atoms with E-state index in [1.807, 2.05) is 42.5 Å². The number of nitrogens with one attached hydrogen (secondary N) is 3. The van der Waals surface area contributed by atoms with Crippen LogP contribution in [0.25, 0.3) is 0 Å². The maximum absolute atomic E-state index is 12.4. The van der Waals surface area contributed by atoms with Crippen molar-refractivity contribution in [3.63, 3.8) is 0 Å². The highest BCUT2D eigenvalue weighted by atomic mass is 32.2. The van der Waals surface area contributed by atoms with Gasteiger partial charge in [-0.15, -0.1) is 0 Å². The van der Waals surface area contributed by atoms with Crippen LogP contribution in [0.2, 0.25) is 0 Å². The lowest BCUT2D eigenvalue weighted by molar-refractivity contribution is -0.120. The first kappa shape index (κ1) is 22.9. The van der Waals surface area contributed by atoms with Crippen LogP contribution in [0.4, 0.5) is 5.69 Å². The minimum atomic E-state index is -3.62. The van der Waals surface area contributed by atoms with Gasteiger partial charge in [0.15, 0.2) is 0 Å². The number of rotatable bonds is 10. The van der Waals surface area contributed by atoms with E-state index in [9.17, 15) is 13.2 Å². The molecule has 0 bridgehead atoms. The molecule has 0 heterocycles. The Morgan fingerprint density at radius 1 is 0.897 bits per heavy atom. The van der Waals surface area contributed by atoms with E-state index in [-0.39, 0.29) is 29.2 Å². The van der Waals surface area contributed by atoms with Crippen LogP contribution in [0.5, 0.6) is 0 Å². The summed E-state index contributed by atoms with van der Waals surface area (Å²) >= 11 is 0. The SMILES string of the molecule is CC(C)(C)c1ccc(S(=O)(=O)NCCC(=O)NCCCNc2ccccc2)cc1. The minimum absolute atomic E-state index is 0.0373. The second kappa shape index (κ2) is 10.4. The first-order valence-electron chi connectivity index (χ1n) is 9.84. The molecule has 2 rings (SSSR count). The van der Waals surface area contributed by atoms with E-state index in [2.05, 4.69) is 36.1 Å². The van der Waals surface area contributed by atoms with Crippen LogP contribution in [0.15, 0.2) is 59.5 Å². The van der Waals surface area contributed by atoms with E-state index < -0.39 is 10.0 Å². The third kappa shape index (κ3) is 7.87. The van der Waals surface area contributed by atoms with Crippen molar-refractivity contribution in [1.29, 1.82) is 0 Å². The Balaban J connectivity index is 1.66. The Hall–Kier alpha value is -2.38. The summed E-state index contributed by atoms with van der Waals surface area (Å²) in [6, 6.07) is 16.7. The molecule has 3 N–H and O–H groups in total. The first-order valence-corrected chi connectivity index (χ1v) is 11.3. The molecular weight excluding hydrogens is 386 g/mol. The molecule has 0 aromatic heterocycles. The monoisotopic (exact) mass is 417 g/mol. The average Bonchev–Trinajstić information content (AvgIpc) is 2.68. The van der Waals surface area contributed by atoms with Gasteiger partial charge >= 0.3 is 0 Å². The van der Waals surface area contributed by atoms with E-state index in [1.54, 1.807) is 12.1 Å². The molecule has 1 amide bonds. The van der Waals surface area contributed by atoms with Crippen LogP contribution >= 0.6 is 0 Å². The Bertz CT molecular complexity index is 874. The van der Waals surface area contributed by atoms with Gasteiger partial charge in [-0.1, -0.05) is 51.1 Å². The van der Waals surface area contributed by atoms with E-state index in [4.69, 9.17) is 0 Å². The van der Waals surface area contributed by atoms with Gasteiger partial charge in [-0.25, -0.2) is 13.1 Å². The molecular formula is C22H31N3O3S. The van der Waals surface area contributed by atoms with Crippen LogP contribution in [0.3, 0.4) is 0 Å². The van der Waals surface area contributed by atoms with Crippen molar-refractivity contribution in [2.24, 2.45) is 0 Å². The Labute approximate surface area is 174 Å². The summed E-state index contributed by atoms with van der Waals surface area (Å²) in [5.41, 5.74) is 2.08. The van der Waals surface area contributed by atoms with Gasteiger partial charge in [0.1, 0.15) is 0 Å². The Morgan fingerprint density at radius 2 is 1.55 bits per heavy atom. The zero-order valence-corrected chi connectivity index (χ0v) is 18.2. The summed E-state index contributed by atoms with van der Waals surface area (Å²) in [6.45, 7) is 7.58. The van der Waals surface area contributed by atoms with E-state index >= 15 is 0 Å². The van der Waals surface area contributed by atoms with Crippen molar-refractivity contribution >= 4 is 21.6 Å². The predicted octanol–water partition coefficient (Wildman–Crippen LogP) is 3.27. The molecule has 6 nitrogen and oxygen atoms in total. The highest BCUT2D eigenvalue weighted by Gasteiger charge is 2.17. The number of amides is 1. The molecule has 0 aliphatic rings. The lowest BCUT2D eigenvalue weighted by atomic mass is 9.87. The minimum Gasteiger partial charge on any atom is -0.385 e. The molecule has 0 fully saturated rings. The fourth-order valence-corrected chi connectivity index (χ4v) is 3.74. The summed E-state index contributed by atoms with van der Waals surface area (Å²) < 4.78 is 27.2. The second-order valence-corrected chi connectivity index (χ2v) is 9.69. The standard InChI is InChI=1S/C22H31N3O3S/c1-22(2,3)18-10-12-20(13-11-18)29(27,28)25-17-14-21(26)24-16-7-15-23-19-8-5-4-6-9-19/h4-6,8-13,23,25H,7,14-17H2,1-3H3,(H,24,26). The van der Waals surface area contributed by atoms with Crippen molar-refractivity contribution in [2.75, 3.05) is 25.0 Å². The number of sulfonamides is 1. The number of carbonyl (C=O) groups excluding carboxylic acids is 1. The highest BCUT2D eigenvalue weighted by Crippen LogP contribution is 2.23. The molecule has 29 heavy (non-hydrogen) atoms. The smallest absolute Gasteiger partial charge is 0.240 e. The summed E-state index contributed by atoms with van der Waals surface area (Å²) in [4.78, 5) is 12.1. The lowest BCUT2D eigenvalue weighted by Gasteiger charge is -2.19. The molecule has 0 unspecified atom stereocenters. The zero-order valence-electron chi connectivity index (χ0n) is 17.4. The van der Waals surface area contributed by atoms with Crippen LogP contribution in [-0.2, 0) is 20.2 Å². The summed E-state index contributed by atoms with van der Waals surface area (Å²) in [6.07, 6.45) is 0.887. The summed E-state index contributed by atoms with van der Waals surface area (Å²) in [7, 11) is -3.62. The number of benzene rings is 2. The number of anilines is 1. The molecule has 0 saturated carbocycles. The second-order valence-electron chi connectivity index (χ2n) is 7.92. The quantitative estimate of drug-likeness (QED) is 0.518. The number of para-hydroxylation sites is 1. The van der Waals surface area contributed by atoms with Crippen LogP contribution < -0.4 is 15.4 Å². The normalized spacial score (nSPS) is 11.8. The maximum atomic E-state index is 12.4. The van der Waals surface area contributed by atoms with Gasteiger partial charge in [-0.3, -0.25) is 4.79 Å². The van der Waals surface area contributed by atoms with Crippen molar-refractivity contribution in [1.82, 2.24) is 10.0 Å². The molecule has 2 aromatic rings. The van der Waals surface area contributed by atoms with Crippen LogP contribution in [-0.4, -0.2) is 34.0 Å². The lowest BCUT2D eigenvalue weighted by Crippen LogP contribution is -2.31. The van der Waals surface area contributed by atoms with E-state index in [0.29, 0.717) is 6.54 Å². The van der Waals surface area contributed by atoms with Crippen molar-refractivity contribution < 1.29 is 13.2 Å². The van der Waals surface area contributed by atoms with Gasteiger partial charge in [0.2, 0.25) is 15.9 Å². The van der Waals surface area contributed by atoms with Gasteiger partial charge in [-0.2, -0.15) is 0 Å². The molecule has 7 heteroatoms. The maximum Gasteiger partial charge on any atom is 0.240 e. The fourth-order valence-electron chi connectivity index (χ4n) is 2.71. The van der Waals surface area contributed by atoms with Gasteiger partial charge in [0.05, 0.1) is 4.90 Å². The van der Waals surface area contributed by atoms with Gasteiger partial charge in [0, 0.05) is 31.7 Å². The van der Waals surface area contributed by atoms with E-state index in [1.165, 1.54) is 0 Å². The van der Waals surface area contributed by atoms with Crippen molar-refractivity contribution in [3.05, 3.63) is 60.2 Å². The number of hydrogen-bond acceptors (Lipinski definition) is 4. The summed E-state index contributed by atoms with van der Waals surface area (Å²) in [5.74, 6) is -0.171. The van der Waals surface area contributed by atoms with E-state index in [0.717, 1.165) is 24.2 Å². The van der Waals surface area contributed by atoms with Crippen molar-refractivity contribution in [2.45, 2.75) is 43.9 Å². The topological polar surface area (TPSA) is 87.3 Å². The van der Waals surface area contributed by atoms with Crippen LogP contribution in [0.1, 0.15) is 39.2 Å². The van der Waals surface area contributed by atoms with Gasteiger partial charge in [0.25, 0.3) is 0 Å². The highest BCUT2D eigenvalue weighted by molar-refractivity contribution is 7.89. The molecule has 0 aliphatic heterocycles. The molecule has 0 radical (unpaired) electrons. The molecule has 0 saturated heterocycles. The summed E-state index contributed by atoms with van der Waals surface area (Å²) in [5, 5.41) is 6.08. The average molecular weight is 418 g/mol. The molecule has 2 aromatic carbocycles. The van der Waals surface area contributed by atoms with Gasteiger partial charge in [-0.05, 0) is 41.7 Å². The number of carbonyl (C=O) groups is 1. The first-order chi connectivity index (χ1) is 13.7. The van der Waals surface area contributed by atoms with Crippen LogP contribution in [0, 0.1) is 0 Å².